The number of rotatable bonds is 7. The zero-order chi connectivity index (χ0) is 18.0. The maximum atomic E-state index is 10.6. The number of ether oxygens (including phenoxy) is 2. The van der Waals surface area contributed by atoms with Gasteiger partial charge in [-0.3, -0.25) is 0 Å². The summed E-state index contributed by atoms with van der Waals surface area (Å²) in [7, 11) is 3.46. The molecule has 1 unspecified atom stereocenters. The Balaban J connectivity index is 1.79. The fourth-order valence-electron chi connectivity index (χ4n) is 2.68. The molecule has 2 aromatic rings. The van der Waals surface area contributed by atoms with Gasteiger partial charge in [0.1, 0.15) is 17.1 Å². The first-order chi connectivity index (χ1) is 12.0. The summed E-state index contributed by atoms with van der Waals surface area (Å²) in [5.74, 6) is 1.96. The monoisotopic (exact) mass is 382 g/mol. The molecule has 1 atom stereocenters. The number of hydrogen-bond donors (Lipinski definition) is 1. The molecule has 1 saturated carbocycles. The Morgan fingerprint density at radius 3 is 2.48 bits per heavy atom. The zero-order valence-corrected chi connectivity index (χ0v) is 15.8. The highest BCUT2D eigenvalue weighted by Crippen LogP contribution is 2.35. The van der Waals surface area contributed by atoms with E-state index in [1.807, 2.05) is 25.2 Å². The third-order valence-electron chi connectivity index (χ3n) is 4.35. The molecule has 0 radical (unpaired) electrons. The number of methoxy groups -OCH3 is 1. The van der Waals surface area contributed by atoms with E-state index in [1.165, 1.54) is 12.8 Å². The van der Waals surface area contributed by atoms with Crippen LogP contribution < -0.4 is 14.0 Å². The molecule has 1 aliphatic rings. The Morgan fingerprint density at radius 2 is 1.88 bits per heavy atom. The van der Waals surface area contributed by atoms with Crippen molar-refractivity contribution in [3.63, 3.8) is 0 Å². The molecular formula is C19H22Cl2NO3+. The number of nitrogens with zero attached hydrogens (tertiary/aromatic N) is 1. The van der Waals surface area contributed by atoms with E-state index in [4.69, 9.17) is 32.7 Å². The van der Waals surface area contributed by atoms with Crippen molar-refractivity contribution >= 4 is 23.2 Å². The van der Waals surface area contributed by atoms with Crippen molar-refractivity contribution < 1.29 is 19.1 Å². The number of aryl methyl sites for hydroxylation is 1. The fourth-order valence-corrected chi connectivity index (χ4v) is 3.39. The second-order valence-electron chi connectivity index (χ2n) is 6.48. The molecule has 6 heteroatoms. The molecule has 3 rings (SSSR count). The quantitative estimate of drug-likeness (QED) is 0.738. The Bertz CT molecular complexity index is 739. The van der Waals surface area contributed by atoms with Gasteiger partial charge in [-0.2, -0.15) is 0 Å². The van der Waals surface area contributed by atoms with Crippen LogP contribution in [0.25, 0.3) is 0 Å². The largest absolute Gasteiger partial charge is 0.493 e. The standard InChI is InChI=1S/C19H22Cl2NO3/c1-22-9-15(20)14(16(21)10-22)8-17(23)13-5-6-18(24-2)19(7-13)25-11-12-3-4-12/h5-7,9-10,12,17,23H,3-4,8,11H2,1-2H3/q+1. The van der Waals surface area contributed by atoms with Crippen LogP contribution in [0.1, 0.15) is 30.1 Å². The summed E-state index contributed by atoms with van der Waals surface area (Å²) in [6, 6.07) is 5.48. The van der Waals surface area contributed by atoms with E-state index in [0.29, 0.717) is 40.5 Å². The van der Waals surface area contributed by atoms with Crippen molar-refractivity contribution in [1.29, 1.82) is 0 Å². The van der Waals surface area contributed by atoms with Gasteiger partial charge in [-0.15, -0.1) is 0 Å². The Morgan fingerprint density at radius 1 is 1.20 bits per heavy atom. The van der Waals surface area contributed by atoms with Gasteiger partial charge in [0, 0.05) is 12.0 Å². The molecule has 4 nitrogen and oxygen atoms in total. The predicted molar refractivity (Wildman–Crippen MR) is 97.5 cm³/mol. The van der Waals surface area contributed by atoms with Crippen LogP contribution in [0, 0.1) is 5.92 Å². The third kappa shape index (κ3) is 4.57. The lowest BCUT2D eigenvalue weighted by Gasteiger charge is -2.16. The maximum absolute atomic E-state index is 10.6. The molecule has 1 aromatic heterocycles. The molecule has 1 aromatic carbocycles. The molecule has 0 amide bonds. The van der Waals surface area contributed by atoms with Crippen LogP contribution in [-0.4, -0.2) is 18.8 Å². The van der Waals surface area contributed by atoms with Gasteiger partial charge in [0.25, 0.3) is 0 Å². The minimum absolute atomic E-state index is 0.326. The molecule has 1 N–H and O–H groups in total. The first kappa shape index (κ1) is 18.3. The van der Waals surface area contributed by atoms with Crippen molar-refractivity contribution in [3.05, 3.63) is 51.8 Å². The zero-order valence-electron chi connectivity index (χ0n) is 14.3. The van der Waals surface area contributed by atoms with E-state index >= 15 is 0 Å². The van der Waals surface area contributed by atoms with E-state index in [0.717, 1.165) is 11.1 Å². The normalized spacial score (nSPS) is 15.1. The van der Waals surface area contributed by atoms with Crippen molar-refractivity contribution in [1.82, 2.24) is 0 Å². The number of aromatic nitrogens is 1. The minimum Gasteiger partial charge on any atom is -0.493 e. The molecule has 1 aliphatic carbocycles. The first-order valence-corrected chi connectivity index (χ1v) is 9.05. The van der Waals surface area contributed by atoms with E-state index in [9.17, 15) is 5.11 Å². The predicted octanol–water partition coefficient (Wildman–Crippen LogP) is 3.89. The van der Waals surface area contributed by atoms with Crippen LogP contribution in [-0.2, 0) is 13.5 Å². The molecule has 0 saturated heterocycles. The summed E-state index contributed by atoms with van der Waals surface area (Å²) in [6.45, 7) is 0.683. The average molecular weight is 383 g/mol. The minimum atomic E-state index is -0.739. The van der Waals surface area contributed by atoms with E-state index in [-0.39, 0.29) is 0 Å². The van der Waals surface area contributed by atoms with Crippen molar-refractivity contribution in [3.8, 4) is 11.5 Å². The van der Waals surface area contributed by atoms with Gasteiger partial charge in [0.15, 0.2) is 23.9 Å². The number of hydrogen-bond acceptors (Lipinski definition) is 3. The number of aliphatic hydroxyl groups excluding tert-OH is 1. The van der Waals surface area contributed by atoms with Crippen molar-refractivity contribution in [2.45, 2.75) is 25.4 Å². The summed E-state index contributed by atoms with van der Waals surface area (Å²) in [6.07, 6.45) is 5.56. The highest BCUT2D eigenvalue weighted by molar-refractivity contribution is 6.35. The Labute approximate surface area is 157 Å². The highest BCUT2D eigenvalue weighted by Gasteiger charge is 2.23. The lowest BCUT2D eigenvalue weighted by atomic mass is 10.0. The molecular weight excluding hydrogens is 361 g/mol. The lowest BCUT2D eigenvalue weighted by molar-refractivity contribution is -0.671. The van der Waals surface area contributed by atoms with Crippen molar-refractivity contribution in [2.75, 3.05) is 13.7 Å². The Hall–Kier alpha value is -1.49. The van der Waals surface area contributed by atoms with Crippen LogP contribution in [0.15, 0.2) is 30.6 Å². The number of halogens is 2. The lowest BCUT2D eigenvalue weighted by Crippen LogP contribution is -2.27. The summed E-state index contributed by atoms with van der Waals surface area (Å²) >= 11 is 12.6. The number of aliphatic hydroxyl groups is 1. The SMILES string of the molecule is COc1ccc(C(O)Cc2c(Cl)c[n+](C)cc2Cl)cc1OCC1CC1. The number of benzene rings is 1. The first-order valence-electron chi connectivity index (χ1n) is 8.30. The van der Waals surface area contributed by atoms with Gasteiger partial charge in [0.05, 0.1) is 19.8 Å². The fraction of sp³-hybridized carbons (Fsp3) is 0.421. The molecule has 0 aliphatic heterocycles. The number of pyridine rings is 1. The molecule has 134 valence electrons. The van der Waals surface area contributed by atoms with Crippen LogP contribution in [0.5, 0.6) is 11.5 Å². The van der Waals surface area contributed by atoms with Crippen LogP contribution in [0.3, 0.4) is 0 Å². The molecule has 1 heterocycles. The van der Waals surface area contributed by atoms with Crippen molar-refractivity contribution in [2.24, 2.45) is 13.0 Å². The summed E-state index contributed by atoms with van der Waals surface area (Å²) in [4.78, 5) is 0. The van der Waals surface area contributed by atoms with Gasteiger partial charge in [0.2, 0.25) is 0 Å². The molecule has 1 fully saturated rings. The van der Waals surface area contributed by atoms with Crippen LogP contribution >= 0.6 is 23.2 Å². The smallest absolute Gasteiger partial charge is 0.187 e. The molecule has 0 bridgehead atoms. The van der Waals surface area contributed by atoms with Gasteiger partial charge < -0.3 is 14.6 Å². The molecule has 0 spiro atoms. The Kier molecular flexibility index (Phi) is 5.72. The maximum Gasteiger partial charge on any atom is 0.187 e. The van der Waals surface area contributed by atoms with Gasteiger partial charge in [-0.05, 0) is 36.5 Å². The van der Waals surface area contributed by atoms with Crippen LogP contribution in [0.2, 0.25) is 10.0 Å². The van der Waals surface area contributed by atoms with Gasteiger partial charge in [-0.25, -0.2) is 4.57 Å². The van der Waals surface area contributed by atoms with E-state index in [2.05, 4.69) is 0 Å². The molecule has 25 heavy (non-hydrogen) atoms. The van der Waals surface area contributed by atoms with Gasteiger partial charge >= 0.3 is 0 Å². The summed E-state index contributed by atoms with van der Waals surface area (Å²) in [5.41, 5.74) is 1.47. The second-order valence-corrected chi connectivity index (χ2v) is 7.30. The van der Waals surface area contributed by atoms with Gasteiger partial charge in [-0.1, -0.05) is 29.3 Å². The third-order valence-corrected chi connectivity index (χ3v) is 5.00. The second kappa shape index (κ2) is 7.81. The van der Waals surface area contributed by atoms with E-state index in [1.54, 1.807) is 24.1 Å². The van der Waals surface area contributed by atoms with E-state index < -0.39 is 6.10 Å². The summed E-state index contributed by atoms with van der Waals surface area (Å²) in [5, 5.41) is 11.7. The highest BCUT2D eigenvalue weighted by atomic mass is 35.5. The summed E-state index contributed by atoms with van der Waals surface area (Å²) < 4.78 is 13.0. The topological polar surface area (TPSA) is 42.6 Å². The van der Waals surface area contributed by atoms with Crippen LogP contribution in [0.4, 0.5) is 0 Å². The average Bonchev–Trinajstić information content (AvgIpc) is 3.40.